The highest BCUT2D eigenvalue weighted by Crippen LogP contribution is 2.57. The zero-order valence-electron chi connectivity index (χ0n) is 11.1. The zero-order chi connectivity index (χ0) is 13.2. The minimum atomic E-state index is 0.105. The van der Waals surface area contributed by atoms with Crippen molar-refractivity contribution in [2.75, 3.05) is 13.1 Å². The van der Waals surface area contributed by atoms with Gasteiger partial charge in [-0.1, -0.05) is 6.92 Å². The average Bonchev–Trinajstić information content (AvgIpc) is 2.75. The van der Waals surface area contributed by atoms with Gasteiger partial charge in [-0.2, -0.15) is 14.8 Å². The summed E-state index contributed by atoms with van der Waals surface area (Å²) < 4.78 is 1.54. The van der Waals surface area contributed by atoms with Crippen molar-refractivity contribution in [3.05, 3.63) is 29.6 Å². The van der Waals surface area contributed by atoms with E-state index in [1.165, 1.54) is 6.42 Å². The minimum Gasteiger partial charge on any atom is -0.338 e. The number of rotatable bonds is 1. The van der Waals surface area contributed by atoms with E-state index in [4.69, 9.17) is 0 Å². The van der Waals surface area contributed by atoms with E-state index in [-0.39, 0.29) is 5.91 Å². The lowest BCUT2D eigenvalue weighted by molar-refractivity contribution is 0.0768. The number of nitrogens with zero attached hydrogens (tertiary/aromatic N) is 4. The second-order valence-corrected chi connectivity index (χ2v) is 6.10. The van der Waals surface area contributed by atoms with Crippen LogP contribution in [0.25, 0.3) is 5.52 Å². The molecule has 1 amide bonds. The number of hydrogen-bond acceptors (Lipinski definition) is 3. The van der Waals surface area contributed by atoms with Crippen LogP contribution in [-0.4, -0.2) is 38.7 Å². The first-order chi connectivity index (χ1) is 9.08. The molecule has 1 saturated heterocycles. The molecule has 2 atom stereocenters. The van der Waals surface area contributed by atoms with E-state index < -0.39 is 0 Å². The number of fused-ring (bicyclic) bond motifs is 2. The highest BCUT2D eigenvalue weighted by molar-refractivity contribution is 6.02. The molecule has 0 aromatic carbocycles. The summed E-state index contributed by atoms with van der Waals surface area (Å²) in [5.74, 6) is 0.811. The molecule has 0 bridgehead atoms. The first kappa shape index (κ1) is 11.0. The van der Waals surface area contributed by atoms with Crippen LogP contribution < -0.4 is 0 Å². The fourth-order valence-electron chi connectivity index (χ4n) is 3.33. The molecule has 0 radical (unpaired) electrons. The maximum atomic E-state index is 12.7. The normalized spacial score (nSPS) is 28.7. The molecule has 1 aliphatic carbocycles. The number of carbonyl (C=O) groups excluding carboxylic acids is 1. The van der Waals surface area contributed by atoms with E-state index >= 15 is 0 Å². The average molecular weight is 256 g/mol. The smallest absolute Gasteiger partial charge is 0.258 e. The fourth-order valence-corrected chi connectivity index (χ4v) is 3.33. The molecule has 2 unspecified atom stereocenters. The van der Waals surface area contributed by atoms with Gasteiger partial charge < -0.3 is 4.90 Å². The molecule has 1 saturated carbocycles. The molecule has 2 fully saturated rings. The van der Waals surface area contributed by atoms with E-state index in [1.807, 2.05) is 24.0 Å². The molecule has 2 aromatic rings. The van der Waals surface area contributed by atoms with Gasteiger partial charge in [0.2, 0.25) is 0 Å². The molecule has 19 heavy (non-hydrogen) atoms. The summed E-state index contributed by atoms with van der Waals surface area (Å²) >= 11 is 0. The Bertz CT molecular complexity index is 692. The van der Waals surface area contributed by atoms with Gasteiger partial charge in [0.25, 0.3) is 5.91 Å². The summed E-state index contributed by atoms with van der Waals surface area (Å²) in [6.07, 6.45) is 2.95. The summed E-state index contributed by atoms with van der Waals surface area (Å²) in [6, 6.07) is 3.74. The number of piperidine rings is 1. The van der Waals surface area contributed by atoms with Gasteiger partial charge in [0.15, 0.2) is 0 Å². The summed E-state index contributed by atoms with van der Waals surface area (Å²) in [4.78, 5) is 14.7. The molecule has 5 nitrogen and oxygen atoms in total. The van der Waals surface area contributed by atoms with Gasteiger partial charge in [-0.15, -0.1) is 0 Å². The standard InChI is InChI=1S/C14H16N4O/c1-9-12(11-4-3-5-15-18(11)16-9)13(19)17-7-10-6-14(10,2)8-17/h3-5,10H,6-8H2,1-2H3. The van der Waals surface area contributed by atoms with Crippen LogP contribution in [0.5, 0.6) is 0 Å². The van der Waals surface area contributed by atoms with Gasteiger partial charge in [-0.3, -0.25) is 4.79 Å². The second-order valence-electron chi connectivity index (χ2n) is 6.10. The van der Waals surface area contributed by atoms with Crippen LogP contribution in [0.2, 0.25) is 0 Å². The maximum absolute atomic E-state index is 12.7. The molecule has 1 aliphatic heterocycles. The maximum Gasteiger partial charge on any atom is 0.258 e. The molecule has 4 rings (SSSR count). The molecule has 5 heteroatoms. The number of aryl methyl sites for hydroxylation is 1. The summed E-state index contributed by atoms with van der Waals surface area (Å²) in [7, 11) is 0. The van der Waals surface area contributed by atoms with Crippen molar-refractivity contribution in [3.63, 3.8) is 0 Å². The van der Waals surface area contributed by atoms with Crippen molar-refractivity contribution in [2.45, 2.75) is 20.3 Å². The molecular weight excluding hydrogens is 240 g/mol. The predicted octanol–water partition coefficient (Wildman–Crippen LogP) is 1.52. The van der Waals surface area contributed by atoms with Gasteiger partial charge in [0.05, 0.1) is 11.3 Å². The monoisotopic (exact) mass is 256 g/mol. The number of hydrogen-bond donors (Lipinski definition) is 0. The Morgan fingerprint density at radius 3 is 3.11 bits per heavy atom. The SMILES string of the molecule is Cc1nn2ncccc2c1C(=O)N1CC2CC2(C)C1. The quantitative estimate of drug-likeness (QED) is 0.777. The second kappa shape index (κ2) is 3.35. The van der Waals surface area contributed by atoms with Crippen LogP contribution in [0.15, 0.2) is 18.3 Å². The van der Waals surface area contributed by atoms with Crippen molar-refractivity contribution >= 4 is 11.4 Å². The Balaban J connectivity index is 1.74. The summed E-state index contributed by atoms with van der Waals surface area (Å²) in [6.45, 7) is 5.93. The Morgan fingerprint density at radius 1 is 1.53 bits per heavy atom. The van der Waals surface area contributed by atoms with Crippen molar-refractivity contribution in [2.24, 2.45) is 11.3 Å². The first-order valence-electron chi connectivity index (χ1n) is 6.68. The minimum absolute atomic E-state index is 0.105. The van der Waals surface area contributed by atoms with Gasteiger partial charge in [0, 0.05) is 19.3 Å². The van der Waals surface area contributed by atoms with Crippen LogP contribution in [0, 0.1) is 18.3 Å². The highest BCUT2D eigenvalue weighted by Gasteiger charge is 2.57. The first-order valence-corrected chi connectivity index (χ1v) is 6.68. The lowest BCUT2D eigenvalue weighted by atomic mass is 10.1. The molecule has 2 aliphatic rings. The largest absolute Gasteiger partial charge is 0.338 e. The van der Waals surface area contributed by atoms with Crippen molar-refractivity contribution in [1.82, 2.24) is 19.7 Å². The Hall–Kier alpha value is -1.91. The highest BCUT2D eigenvalue weighted by atomic mass is 16.2. The van der Waals surface area contributed by atoms with Crippen LogP contribution >= 0.6 is 0 Å². The third-order valence-corrected chi connectivity index (χ3v) is 4.63. The number of carbonyl (C=O) groups is 1. The van der Waals surface area contributed by atoms with Crippen LogP contribution in [0.4, 0.5) is 0 Å². The van der Waals surface area contributed by atoms with E-state index in [2.05, 4.69) is 17.1 Å². The Morgan fingerprint density at radius 2 is 2.37 bits per heavy atom. The summed E-state index contributed by atoms with van der Waals surface area (Å²) in [5.41, 5.74) is 2.65. The van der Waals surface area contributed by atoms with Gasteiger partial charge in [-0.05, 0) is 36.8 Å². The topological polar surface area (TPSA) is 50.5 Å². The van der Waals surface area contributed by atoms with Crippen LogP contribution in [-0.2, 0) is 0 Å². The van der Waals surface area contributed by atoms with E-state index in [1.54, 1.807) is 10.8 Å². The molecule has 0 spiro atoms. The lowest BCUT2D eigenvalue weighted by Crippen LogP contribution is -2.31. The fraction of sp³-hybridized carbons (Fsp3) is 0.500. The molecule has 3 heterocycles. The third-order valence-electron chi connectivity index (χ3n) is 4.63. The van der Waals surface area contributed by atoms with E-state index in [9.17, 15) is 4.79 Å². The molecule has 0 N–H and O–H groups in total. The van der Waals surface area contributed by atoms with Crippen molar-refractivity contribution < 1.29 is 4.79 Å². The molecule has 98 valence electrons. The Labute approximate surface area is 111 Å². The van der Waals surface area contributed by atoms with E-state index in [0.717, 1.165) is 24.3 Å². The number of amides is 1. The van der Waals surface area contributed by atoms with Gasteiger partial charge >= 0.3 is 0 Å². The van der Waals surface area contributed by atoms with Gasteiger partial charge in [-0.25, -0.2) is 0 Å². The van der Waals surface area contributed by atoms with Crippen molar-refractivity contribution in [1.29, 1.82) is 0 Å². The molecular formula is C14H16N4O. The number of likely N-dealkylation sites (tertiary alicyclic amines) is 1. The number of aromatic nitrogens is 3. The predicted molar refractivity (Wildman–Crippen MR) is 69.8 cm³/mol. The van der Waals surface area contributed by atoms with Crippen LogP contribution in [0.1, 0.15) is 29.4 Å². The van der Waals surface area contributed by atoms with Crippen LogP contribution in [0.3, 0.4) is 0 Å². The Kier molecular flexibility index (Phi) is 1.93. The third kappa shape index (κ3) is 1.44. The van der Waals surface area contributed by atoms with Crippen molar-refractivity contribution in [3.8, 4) is 0 Å². The van der Waals surface area contributed by atoms with Gasteiger partial charge in [0.1, 0.15) is 5.52 Å². The van der Waals surface area contributed by atoms with E-state index in [0.29, 0.717) is 16.9 Å². The molecule has 2 aromatic heterocycles. The zero-order valence-corrected chi connectivity index (χ0v) is 11.1. The lowest BCUT2D eigenvalue weighted by Gasteiger charge is -2.19. The summed E-state index contributed by atoms with van der Waals surface area (Å²) in [5, 5.41) is 8.46.